The number of phenols is 2. The summed E-state index contributed by atoms with van der Waals surface area (Å²) in [6.07, 6.45) is 1.65. The molecule has 140 valence electrons. The normalized spacial score (nSPS) is 30.8. The molecular formula is C20H24O6. The Morgan fingerprint density at radius 1 is 1.19 bits per heavy atom. The van der Waals surface area contributed by atoms with Crippen LogP contribution in [0.1, 0.15) is 32.3 Å². The lowest BCUT2D eigenvalue weighted by Crippen LogP contribution is -2.54. The highest BCUT2D eigenvalue weighted by atomic mass is 16.5. The summed E-state index contributed by atoms with van der Waals surface area (Å²) in [6.45, 7) is 3.92. The number of ketones is 1. The second-order valence-corrected chi connectivity index (χ2v) is 7.28. The molecule has 0 spiro atoms. The number of carbonyl (C=O) groups is 1. The minimum absolute atomic E-state index is 0.117. The number of allylic oxidation sites excluding steroid dienone is 3. The van der Waals surface area contributed by atoms with E-state index in [9.17, 15) is 25.2 Å². The molecule has 1 aromatic rings. The highest BCUT2D eigenvalue weighted by Crippen LogP contribution is 2.41. The first-order chi connectivity index (χ1) is 12.3. The van der Waals surface area contributed by atoms with E-state index in [1.165, 1.54) is 24.5 Å². The Balaban J connectivity index is 1.93. The molecule has 5 atom stereocenters. The van der Waals surface area contributed by atoms with Crippen molar-refractivity contribution in [3.8, 4) is 11.5 Å². The number of fused-ring (bicyclic) bond motifs is 1. The van der Waals surface area contributed by atoms with E-state index in [-0.39, 0.29) is 35.2 Å². The molecule has 0 aromatic heterocycles. The van der Waals surface area contributed by atoms with Crippen molar-refractivity contribution < 1.29 is 30.0 Å². The largest absolute Gasteiger partial charge is 0.504 e. The van der Waals surface area contributed by atoms with E-state index in [4.69, 9.17) is 4.74 Å². The standard InChI is InChI=1S/C20H24O6/c1-10(2)3-5-12-15(22)8-17(24)18-19(25)13(9-26-20(12)18)11-4-6-14(21)16(23)7-11/h3-4,6-7,9,12,15,17-18,20-24H,5,8H2,1-2H3. The summed E-state index contributed by atoms with van der Waals surface area (Å²) >= 11 is 0. The minimum atomic E-state index is -1.00. The van der Waals surface area contributed by atoms with Crippen LogP contribution in [-0.4, -0.2) is 44.5 Å². The van der Waals surface area contributed by atoms with Crippen molar-refractivity contribution in [2.24, 2.45) is 11.8 Å². The molecule has 6 nitrogen and oxygen atoms in total. The Bertz CT molecular complexity index is 762. The Morgan fingerprint density at radius 2 is 1.92 bits per heavy atom. The number of ether oxygens (including phenoxy) is 1. The van der Waals surface area contributed by atoms with Gasteiger partial charge in [0.1, 0.15) is 6.10 Å². The average Bonchev–Trinajstić information content (AvgIpc) is 2.56. The minimum Gasteiger partial charge on any atom is -0.504 e. The number of Topliss-reactive ketones (excluding diaryl/α,β-unsaturated/α-hetero) is 1. The Labute approximate surface area is 152 Å². The second-order valence-electron chi connectivity index (χ2n) is 7.28. The molecule has 1 aromatic carbocycles. The first-order valence-electron chi connectivity index (χ1n) is 8.71. The SMILES string of the molecule is CC(C)=CCC1C(O)CC(O)C2C(=O)C(c3ccc(O)c(O)c3)=COC12. The molecule has 0 saturated heterocycles. The van der Waals surface area contributed by atoms with Crippen molar-refractivity contribution in [1.82, 2.24) is 0 Å². The van der Waals surface area contributed by atoms with Crippen molar-refractivity contribution in [3.05, 3.63) is 41.7 Å². The molecule has 1 aliphatic carbocycles. The summed E-state index contributed by atoms with van der Waals surface area (Å²) in [4.78, 5) is 13.0. The number of phenolic OH excluding ortho intramolecular Hbond substituents is 2. The van der Waals surface area contributed by atoms with Crippen LogP contribution in [0, 0.1) is 11.8 Å². The lowest BCUT2D eigenvalue weighted by Gasteiger charge is -2.44. The number of aliphatic hydroxyl groups is 2. The Hall–Kier alpha value is -2.31. The van der Waals surface area contributed by atoms with Crippen LogP contribution >= 0.6 is 0 Å². The van der Waals surface area contributed by atoms with Crippen molar-refractivity contribution in [2.75, 3.05) is 0 Å². The molecule has 4 N–H and O–H groups in total. The Kier molecular flexibility index (Phi) is 5.07. The van der Waals surface area contributed by atoms with Gasteiger partial charge in [0.2, 0.25) is 0 Å². The van der Waals surface area contributed by atoms with E-state index in [2.05, 4.69) is 0 Å². The molecule has 5 unspecified atom stereocenters. The summed E-state index contributed by atoms with van der Waals surface area (Å²) in [5, 5.41) is 39.9. The zero-order chi connectivity index (χ0) is 19.0. The number of aromatic hydroxyl groups is 2. The van der Waals surface area contributed by atoms with Gasteiger partial charge in [0.15, 0.2) is 17.3 Å². The van der Waals surface area contributed by atoms with Gasteiger partial charge >= 0.3 is 0 Å². The van der Waals surface area contributed by atoms with Gasteiger partial charge in [-0.1, -0.05) is 17.7 Å². The molecule has 1 saturated carbocycles. The van der Waals surface area contributed by atoms with Crippen molar-refractivity contribution in [2.45, 2.75) is 45.0 Å². The van der Waals surface area contributed by atoms with E-state index in [0.29, 0.717) is 12.0 Å². The highest BCUT2D eigenvalue weighted by Gasteiger charge is 2.50. The first kappa shape index (κ1) is 18.5. The number of hydrogen-bond donors (Lipinski definition) is 4. The van der Waals surface area contributed by atoms with Gasteiger partial charge in [-0.2, -0.15) is 0 Å². The second kappa shape index (κ2) is 7.13. The van der Waals surface area contributed by atoms with Crippen molar-refractivity contribution in [3.63, 3.8) is 0 Å². The quantitative estimate of drug-likeness (QED) is 0.486. The van der Waals surface area contributed by atoms with E-state index in [1.807, 2.05) is 19.9 Å². The van der Waals surface area contributed by atoms with Crippen LogP contribution in [0.4, 0.5) is 0 Å². The third-order valence-corrected chi connectivity index (χ3v) is 5.16. The van der Waals surface area contributed by atoms with Crippen LogP contribution in [0.15, 0.2) is 36.1 Å². The molecule has 0 amide bonds. The molecule has 6 heteroatoms. The smallest absolute Gasteiger partial charge is 0.175 e. The molecule has 0 radical (unpaired) electrons. The van der Waals surface area contributed by atoms with Gasteiger partial charge in [0.25, 0.3) is 0 Å². The molecular weight excluding hydrogens is 336 g/mol. The predicted molar refractivity (Wildman–Crippen MR) is 95.3 cm³/mol. The number of hydrogen-bond acceptors (Lipinski definition) is 6. The van der Waals surface area contributed by atoms with Gasteiger partial charge in [-0.3, -0.25) is 4.79 Å². The van der Waals surface area contributed by atoms with Gasteiger partial charge in [-0.05, 0) is 38.0 Å². The monoisotopic (exact) mass is 360 g/mol. The summed E-state index contributed by atoms with van der Waals surface area (Å²) in [5.74, 6) is -1.95. The van der Waals surface area contributed by atoms with Crippen LogP contribution in [-0.2, 0) is 9.53 Å². The van der Waals surface area contributed by atoms with Gasteiger partial charge in [-0.25, -0.2) is 0 Å². The molecule has 26 heavy (non-hydrogen) atoms. The number of aliphatic hydroxyl groups excluding tert-OH is 2. The van der Waals surface area contributed by atoms with Crippen molar-refractivity contribution in [1.29, 1.82) is 0 Å². The van der Waals surface area contributed by atoms with E-state index < -0.39 is 24.2 Å². The molecule has 0 bridgehead atoms. The van der Waals surface area contributed by atoms with E-state index in [0.717, 1.165) is 5.57 Å². The van der Waals surface area contributed by atoms with Crippen molar-refractivity contribution >= 4 is 11.4 Å². The van der Waals surface area contributed by atoms with Gasteiger partial charge in [-0.15, -0.1) is 0 Å². The third kappa shape index (κ3) is 3.34. The molecule has 2 aliphatic rings. The number of carbonyl (C=O) groups excluding carboxylic acids is 1. The summed E-state index contributed by atoms with van der Waals surface area (Å²) < 4.78 is 5.80. The molecule has 1 aliphatic heterocycles. The maximum Gasteiger partial charge on any atom is 0.175 e. The van der Waals surface area contributed by atoms with Crippen LogP contribution in [0.25, 0.3) is 5.57 Å². The van der Waals surface area contributed by atoms with Gasteiger partial charge in [0, 0.05) is 12.3 Å². The maximum absolute atomic E-state index is 13.0. The fourth-order valence-electron chi connectivity index (χ4n) is 3.73. The fourth-order valence-corrected chi connectivity index (χ4v) is 3.73. The maximum atomic E-state index is 13.0. The van der Waals surface area contributed by atoms with Crippen LogP contribution in [0.2, 0.25) is 0 Å². The highest BCUT2D eigenvalue weighted by molar-refractivity contribution is 6.22. The lowest BCUT2D eigenvalue weighted by molar-refractivity contribution is -0.148. The van der Waals surface area contributed by atoms with Gasteiger partial charge < -0.3 is 25.2 Å². The Morgan fingerprint density at radius 3 is 2.58 bits per heavy atom. The van der Waals surface area contributed by atoms with Crippen LogP contribution in [0.5, 0.6) is 11.5 Å². The molecule has 1 heterocycles. The van der Waals surface area contributed by atoms with Gasteiger partial charge in [0.05, 0.1) is 30.0 Å². The topological polar surface area (TPSA) is 107 Å². The molecule has 3 rings (SSSR count). The summed E-state index contributed by atoms with van der Waals surface area (Å²) in [5.41, 5.74) is 1.75. The fraction of sp³-hybridized carbons (Fsp3) is 0.450. The first-order valence-corrected chi connectivity index (χ1v) is 8.71. The zero-order valence-corrected chi connectivity index (χ0v) is 14.8. The molecule has 1 fully saturated rings. The average molecular weight is 360 g/mol. The van der Waals surface area contributed by atoms with E-state index in [1.54, 1.807) is 0 Å². The summed E-state index contributed by atoms with van der Waals surface area (Å²) in [6, 6.07) is 4.09. The van der Waals surface area contributed by atoms with Crippen LogP contribution < -0.4 is 0 Å². The summed E-state index contributed by atoms with van der Waals surface area (Å²) in [7, 11) is 0. The van der Waals surface area contributed by atoms with Crippen LogP contribution in [0.3, 0.4) is 0 Å². The third-order valence-electron chi connectivity index (χ3n) is 5.16. The van der Waals surface area contributed by atoms with E-state index >= 15 is 0 Å². The predicted octanol–water partition coefficient (Wildman–Crippen LogP) is 2.12. The number of benzene rings is 1. The zero-order valence-electron chi connectivity index (χ0n) is 14.8. The lowest BCUT2D eigenvalue weighted by atomic mass is 9.69. The number of rotatable bonds is 3.